The van der Waals surface area contributed by atoms with Gasteiger partial charge in [0.25, 0.3) is 0 Å². The molecular formula is C12H8IN5O3. The second kappa shape index (κ2) is 6.31. The molecule has 9 heteroatoms. The summed E-state index contributed by atoms with van der Waals surface area (Å²) < 4.78 is 5.93. The zero-order valence-electron chi connectivity index (χ0n) is 10.5. The van der Waals surface area contributed by atoms with Crippen molar-refractivity contribution in [1.29, 1.82) is 5.26 Å². The fraction of sp³-hybridized carbons (Fsp3) is 0.0833. The van der Waals surface area contributed by atoms with Gasteiger partial charge in [-0.25, -0.2) is 4.98 Å². The summed E-state index contributed by atoms with van der Waals surface area (Å²) in [5.41, 5.74) is 5.84. The molecule has 0 aliphatic heterocycles. The normalized spacial score (nSPS) is 9.90. The summed E-state index contributed by atoms with van der Waals surface area (Å²) >= 11 is 1.88. The molecule has 0 radical (unpaired) electrons. The van der Waals surface area contributed by atoms with Gasteiger partial charge < -0.3 is 10.5 Å². The predicted molar refractivity (Wildman–Crippen MR) is 81.3 cm³/mol. The van der Waals surface area contributed by atoms with Crippen LogP contribution < -0.4 is 10.5 Å². The number of nitriles is 1. The van der Waals surface area contributed by atoms with Crippen molar-refractivity contribution in [3.8, 4) is 11.8 Å². The summed E-state index contributed by atoms with van der Waals surface area (Å²) in [6.07, 6.45) is 2.80. The van der Waals surface area contributed by atoms with E-state index >= 15 is 0 Å². The van der Waals surface area contributed by atoms with Crippen LogP contribution in [0.25, 0.3) is 0 Å². The van der Waals surface area contributed by atoms with Gasteiger partial charge in [0.2, 0.25) is 5.75 Å². The van der Waals surface area contributed by atoms with Gasteiger partial charge in [0.15, 0.2) is 0 Å². The van der Waals surface area contributed by atoms with Crippen LogP contribution in [0.2, 0.25) is 0 Å². The first-order valence-electron chi connectivity index (χ1n) is 5.58. The number of ether oxygens (including phenoxy) is 1. The van der Waals surface area contributed by atoms with Gasteiger partial charge in [-0.2, -0.15) is 5.26 Å². The number of nitrogen functional groups attached to an aromatic ring is 1. The lowest BCUT2D eigenvalue weighted by Gasteiger charge is -2.08. The molecule has 8 nitrogen and oxygen atoms in total. The molecule has 0 spiro atoms. The van der Waals surface area contributed by atoms with Crippen molar-refractivity contribution >= 4 is 34.1 Å². The number of halogens is 1. The van der Waals surface area contributed by atoms with Crippen molar-refractivity contribution in [3.63, 3.8) is 0 Å². The van der Waals surface area contributed by atoms with E-state index in [2.05, 4.69) is 9.97 Å². The van der Waals surface area contributed by atoms with Crippen molar-refractivity contribution < 1.29 is 9.66 Å². The van der Waals surface area contributed by atoms with Gasteiger partial charge in [0, 0.05) is 6.07 Å². The number of hydrogen-bond donors (Lipinski definition) is 1. The van der Waals surface area contributed by atoms with Crippen LogP contribution in [0.15, 0.2) is 24.5 Å². The second-order valence-electron chi connectivity index (χ2n) is 3.90. The Bertz CT molecular complexity index is 727. The number of benzene rings is 1. The first kappa shape index (κ1) is 14.9. The van der Waals surface area contributed by atoms with Crippen LogP contribution in [0.5, 0.6) is 5.75 Å². The van der Waals surface area contributed by atoms with E-state index in [4.69, 9.17) is 15.7 Å². The molecule has 0 atom stereocenters. The lowest BCUT2D eigenvalue weighted by atomic mass is 10.2. The molecule has 2 N–H and O–H groups in total. The second-order valence-corrected chi connectivity index (χ2v) is 5.06. The first-order valence-corrected chi connectivity index (χ1v) is 6.66. The zero-order valence-corrected chi connectivity index (χ0v) is 12.6. The molecular weight excluding hydrogens is 389 g/mol. The van der Waals surface area contributed by atoms with E-state index in [1.54, 1.807) is 0 Å². The van der Waals surface area contributed by atoms with Gasteiger partial charge in [0.1, 0.15) is 12.4 Å². The Morgan fingerprint density at radius 2 is 2.19 bits per heavy atom. The molecule has 0 unspecified atom stereocenters. The number of rotatable bonds is 4. The molecule has 1 aromatic heterocycles. The fourth-order valence-corrected chi connectivity index (χ4v) is 2.27. The standard InChI is InChI=1S/C12H8IN5O3/c13-9-1-7(3-14)2-10(18(19)20)12(9)21-6-8-4-17-11(15)5-16-8/h1-2,4-5H,6H2,(H2,15,17). The van der Waals surface area contributed by atoms with Crippen molar-refractivity contribution in [2.24, 2.45) is 0 Å². The van der Waals surface area contributed by atoms with E-state index in [1.807, 2.05) is 28.7 Å². The Morgan fingerprint density at radius 3 is 2.76 bits per heavy atom. The minimum Gasteiger partial charge on any atom is -0.480 e. The molecule has 0 aliphatic rings. The third-order valence-corrected chi connectivity index (χ3v) is 3.24. The summed E-state index contributed by atoms with van der Waals surface area (Å²) in [4.78, 5) is 18.3. The van der Waals surface area contributed by atoms with Gasteiger partial charge in [0.05, 0.1) is 38.2 Å². The molecule has 21 heavy (non-hydrogen) atoms. The number of nitro groups is 1. The molecule has 0 bridgehead atoms. The Labute approximate surface area is 132 Å². The van der Waals surface area contributed by atoms with Crippen molar-refractivity contribution in [2.45, 2.75) is 6.61 Å². The summed E-state index contributed by atoms with van der Waals surface area (Å²) in [6, 6.07) is 4.55. The van der Waals surface area contributed by atoms with E-state index in [1.165, 1.54) is 24.5 Å². The molecule has 0 saturated heterocycles. The van der Waals surface area contributed by atoms with Crippen LogP contribution in [-0.2, 0) is 6.61 Å². The highest BCUT2D eigenvalue weighted by Crippen LogP contribution is 2.34. The molecule has 0 saturated carbocycles. The van der Waals surface area contributed by atoms with Crippen LogP contribution in [0.3, 0.4) is 0 Å². The third-order valence-electron chi connectivity index (χ3n) is 2.44. The van der Waals surface area contributed by atoms with Gasteiger partial charge in [-0.15, -0.1) is 0 Å². The van der Waals surface area contributed by atoms with Crippen LogP contribution in [-0.4, -0.2) is 14.9 Å². The van der Waals surface area contributed by atoms with Gasteiger partial charge in [-0.3, -0.25) is 15.1 Å². The Kier molecular flexibility index (Phi) is 4.49. The number of nitrogens with two attached hydrogens (primary N) is 1. The maximum atomic E-state index is 11.1. The van der Waals surface area contributed by atoms with Crippen molar-refractivity contribution in [1.82, 2.24) is 9.97 Å². The highest BCUT2D eigenvalue weighted by Gasteiger charge is 2.20. The fourth-order valence-electron chi connectivity index (χ4n) is 1.51. The van der Waals surface area contributed by atoms with Crippen LogP contribution >= 0.6 is 22.6 Å². The first-order chi connectivity index (χ1) is 10.0. The van der Waals surface area contributed by atoms with E-state index < -0.39 is 4.92 Å². The highest BCUT2D eigenvalue weighted by molar-refractivity contribution is 14.1. The number of nitrogens with zero attached hydrogens (tertiary/aromatic N) is 4. The van der Waals surface area contributed by atoms with Gasteiger partial charge in [-0.05, 0) is 28.7 Å². The van der Waals surface area contributed by atoms with Crippen LogP contribution in [0.4, 0.5) is 11.5 Å². The predicted octanol–water partition coefficient (Wildman–Crippen LogP) is 2.02. The monoisotopic (exact) mass is 397 g/mol. The smallest absolute Gasteiger partial charge is 0.313 e. The van der Waals surface area contributed by atoms with Crippen LogP contribution in [0, 0.1) is 25.0 Å². The average Bonchev–Trinajstić information content (AvgIpc) is 2.46. The molecule has 1 heterocycles. The van der Waals surface area contributed by atoms with E-state index in [0.717, 1.165) is 0 Å². The van der Waals surface area contributed by atoms with Gasteiger partial charge in [-0.1, -0.05) is 0 Å². The molecule has 2 rings (SSSR count). The minimum atomic E-state index is -0.590. The molecule has 0 fully saturated rings. The molecule has 106 valence electrons. The summed E-state index contributed by atoms with van der Waals surface area (Å²) in [5, 5.41) is 19.9. The average molecular weight is 397 g/mol. The van der Waals surface area contributed by atoms with Crippen molar-refractivity contribution in [3.05, 3.63) is 49.5 Å². The van der Waals surface area contributed by atoms with Crippen LogP contribution in [0.1, 0.15) is 11.3 Å². The lowest BCUT2D eigenvalue weighted by Crippen LogP contribution is -2.04. The van der Waals surface area contributed by atoms with E-state index in [-0.39, 0.29) is 29.4 Å². The maximum Gasteiger partial charge on any atom is 0.313 e. The Balaban J connectivity index is 2.29. The molecule has 1 aromatic carbocycles. The third kappa shape index (κ3) is 3.54. The summed E-state index contributed by atoms with van der Waals surface area (Å²) in [7, 11) is 0. The highest BCUT2D eigenvalue weighted by atomic mass is 127. The van der Waals surface area contributed by atoms with Gasteiger partial charge >= 0.3 is 5.69 Å². The Hall–Kier alpha value is -2.48. The summed E-state index contributed by atoms with van der Waals surface area (Å²) in [5.74, 6) is 0.371. The topological polar surface area (TPSA) is 128 Å². The summed E-state index contributed by atoms with van der Waals surface area (Å²) in [6.45, 7) is 0.00994. The number of nitro benzene ring substituents is 1. The quantitative estimate of drug-likeness (QED) is 0.475. The van der Waals surface area contributed by atoms with Crippen molar-refractivity contribution in [2.75, 3.05) is 5.73 Å². The van der Waals surface area contributed by atoms with E-state index in [9.17, 15) is 10.1 Å². The number of hydrogen-bond acceptors (Lipinski definition) is 7. The minimum absolute atomic E-state index is 0.00994. The zero-order chi connectivity index (χ0) is 15.4. The van der Waals surface area contributed by atoms with E-state index in [0.29, 0.717) is 9.26 Å². The maximum absolute atomic E-state index is 11.1. The molecule has 0 aliphatic carbocycles. The Morgan fingerprint density at radius 1 is 1.43 bits per heavy atom. The number of aromatic nitrogens is 2. The molecule has 2 aromatic rings. The SMILES string of the molecule is N#Cc1cc(I)c(OCc2cnc(N)cn2)c([N+](=O)[O-])c1. The lowest BCUT2D eigenvalue weighted by molar-refractivity contribution is -0.386. The largest absolute Gasteiger partial charge is 0.480 e. The molecule has 0 amide bonds. The number of anilines is 1.